The van der Waals surface area contributed by atoms with Crippen molar-refractivity contribution in [1.82, 2.24) is 25.4 Å². The Morgan fingerprint density at radius 2 is 2.21 bits per heavy atom. The first-order chi connectivity index (χ1) is 13.0. The predicted molar refractivity (Wildman–Crippen MR) is 122 cm³/mol. The number of nitrogens with zero attached hydrogens (tertiary/aromatic N) is 4. The van der Waals surface area contributed by atoms with E-state index in [9.17, 15) is 5.11 Å². The highest BCUT2D eigenvalue weighted by Gasteiger charge is 2.22. The summed E-state index contributed by atoms with van der Waals surface area (Å²) >= 11 is 0. The second-order valence-corrected chi connectivity index (χ2v) is 7.67. The van der Waals surface area contributed by atoms with Crippen LogP contribution in [-0.2, 0) is 24.3 Å². The lowest BCUT2D eigenvalue weighted by molar-refractivity contribution is 0.177. The van der Waals surface area contributed by atoms with Crippen LogP contribution in [-0.4, -0.2) is 58.7 Å². The highest BCUT2D eigenvalue weighted by molar-refractivity contribution is 14.0. The zero-order chi connectivity index (χ0) is 19.6. The summed E-state index contributed by atoms with van der Waals surface area (Å²) in [4.78, 5) is 9.32. The summed E-state index contributed by atoms with van der Waals surface area (Å²) in [6, 6.07) is 0.272. The summed E-state index contributed by atoms with van der Waals surface area (Å²) in [6.07, 6.45) is 3.78. The molecule has 0 spiro atoms. The number of rotatable bonds is 10. The molecule has 2 unspecified atom stereocenters. The summed E-state index contributed by atoms with van der Waals surface area (Å²) in [5.41, 5.74) is 0. The molecule has 0 radical (unpaired) electrons. The van der Waals surface area contributed by atoms with Gasteiger partial charge in [-0.05, 0) is 38.0 Å². The number of hydrogen-bond donors (Lipinski definition) is 3. The standard InChI is InChI=1S/C19H36N6O2.HI/c1-5-20-19(21-11-15(8-9-26)10-14(2)3)22-16-6-7-18-23-17(13-27-4)24-25(18)12-16;/h14-16,26H,5-13H2,1-4H3,(H2,20,21,22);1H. The molecular formula is C19H37IN6O2. The fraction of sp³-hybridized carbons (Fsp3) is 0.842. The van der Waals surface area contributed by atoms with Gasteiger partial charge in [0.15, 0.2) is 11.8 Å². The van der Waals surface area contributed by atoms with Gasteiger partial charge in [0.1, 0.15) is 12.4 Å². The molecule has 0 fully saturated rings. The highest BCUT2D eigenvalue weighted by atomic mass is 127. The molecule has 2 rings (SSSR count). The molecule has 1 aromatic heterocycles. The Bertz CT molecular complexity index is 593. The summed E-state index contributed by atoms with van der Waals surface area (Å²) in [6.45, 7) is 9.50. The molecular weight excluding hydrogens is 471 g/mol. The van der Waals surface area contributed by atoms with E-state index in [-0.39, 0.29) is 36.6 Å². The van der Waals surface area contributed by atoms with Crippen LogP contribution in [0.25, 0.3) is 0 Å². The van der Waals surface area contributed by atoms with E-state index >= 15 is 0 Å². The molecule has 28 heavy (non-hydrogen) atoms. The van der Waals surface area contributed by atoms with Crippen LogP contribution >= 0.6 is 24.0 Å². The van der Waals surface area contributed by atoms with Crippen LogP contribution in [0.3, 0.4) is 0 Å². The lowest BCUT2D eigenvalue weighted by Gasteiger charge is -2.26. The second kappa shape index (κ2) is 13.3. The van der Waals surface area contributed by atoms with Gasteiger partial charge in [-0.3, -0.25) is 4.99 Å². The minimum Gasteiger partial charge on any atom is -0.396 e. The largest absolute Gasteiger partial charge is 0.396 e. The number of aliphatic imine (C=N–C) groups is 1. The number of hydrogen-bond acceptors (Lipinski definition) is 5. The molecule has 1 aliphatic heterocycles. The Morgan fingerprint density at radius 3 is 2.86 bits per heavy atom. The zero-order valence-electron chi connectivity index (χ0n) is 17.6. The van der Waals surface area contributed by atoms with Crippen LogP contribution in [0, 0.1) is 11.8 Å². The number of aryl methyl sites for hydroxylation is 1. The molecule has 3 N–H and O–H groups in total. The first kappa shape index (κ1) is 25.1. The number of halogens is 1. The first-order valence-corrected chi connectivity index (χ1v) is 10.1. The van der Waals surface area contributed by atoms with Crippen LogP contribution in [0.1, 0.15) is 51.7 Å². The summed E-state index contributed by atoms with van der Waals surface area (Å²) in [5.74, 6) is 3.64. The monoisotopic (exact) mass is 508 g/mol. The average molecular weight is 508 g/mol. The smallest absolute Gasteiger partial charge is 0.191 e. The summed E-state index contributed by atoms with van der Waals surface area (Å²) < 4.78 is 7.11. The maximum atomic E-state index is 9.31. The number of methoxy groups -OCH3 is 1. The average Bonchev–Trinajstić information content (AvgIpc) is 3.01. The molecule has 0 aromatic carbocycles. The van der Waals surface area contributed by atoms with Crippen molar-refractivity contribution in [2.24, 2.45) is 16.8 Å². The van der Waals surface area contributed by atoms with Gasteiger partial charge in [0, 0.05) is 39.3 Å². The molecule has 1 aromatic rings. The van der Waals surface area contributed by atoms with E-state index in [2.05, 4.69) is 41.5 Å². The van der Waals surface area contributed by atoms with Crippen molar-refractivity contribution >= 4 is 29.9 Å². The lowest BCUT2D eigenvalue weighted by atomic mass is 9.94. The van der Waals surface area contributed by atoms with E-state index in [1.165, 1.54) is 0 Å². The second-order valence-electron chi connectivity index (χ2n) is 7.67. The topological polar surface area (TPSA) is 96.6 Å². The Kier molecular flexibility index (Phi) is 11.9. The third kappa shape index (κ3) is 8.20. The van der Waals surface area contributed by atoms with Crippen molar-refractivity contribution < 1.29 is 9.84 Å². The molecule has 9 heteroatoms. The van der Waals surface area contributed by atoms with Gasteiger partial charge < -0.3 is 20.5 Å². The van der Waals surface area contributed by atoms with E-state index in [0.29, 0.717) is 18.4 Å². The fourth-order valence-corrected chi connectivity index (χ4v) is 3.54. The highest BCUT2D eigenvalue weighted by Crippen LogP contribution is 2.16. The van der Waals surface area contributed by atoms with Crippen molar-refractivity contribution in [3.05, 3.63) is 11.6 Å². The normalized spacial score (nSPS) is 17.8. The summed E-state index contributed by atoms with van der Waals surface area (Å²) in [5, 5.41) is 20.7. The molecule has 162 valence electrons. The molecule has 0 aliphatic carbocycles. The van der Waals surface area contributed by atoms with Crippen molar-refractivity contribution in [3.63, 3.8) is 0 Å². The number of fused-ring (bicyclic) bond motifs is 1. The molecule has 8 nitrogen and oxygen atoms in total. The Balaban J connectivity index is 0.00000392. The van der Waals surface area contributed by atoms with E-state index < -0.39 is 0 Å². The van der Waals surface area contributed by atoms with Crippen molar-refractivity contribution in [3.8, 4) is 0 Å². The lowest BCUT2D eigenvalue weighted by Crippen LogP contribution is -2.47. The molecule has 2 heterocycles. The number of guanidine groups is 1. The maximum Gasteiger partial charge on any atom is 0.191 e. The Hall–Kier alpha value is -0.940. The third-order valence-corrected chi connectivity index (χ3v) is 4.71. The van der Waals surface area contributed by atoms with Crippen LogP contribution in [0.5, 0.6) is 0 Å². The van der Waals surface area contributed by atoms with E-state index in [0.717, 1.165) is 62.9 Å². The Morgan fingerprint density at radius 1 is 1.43 bits per heavy atom. The van der Waals surface area contributed by atoms with Gasteiger partial charge in [-0.1, -0.05) is 13.8 Å². The van der Waals surface area contributed by atoms with Crippen LogP contribution < -0.4 is 10.6 Å². The number of aliphatic hydroxyl groups is 1. The number of aromatic nitrogens is 3. The number of aliphatic hydroxyl groups excluding tert-OH is 1. The molecule has 0 bridgehead atoms. The van der Waals surface area contributed by atoms with E-state index in [1.807, 2.05) is 4.68 Å². The van der Waals surface area contributed by atoms with Gasteiger partial charge in [0.25, 0.3) is 0 Å². The summed E-state index contributed by atoms with van der Waals surface area (Å²) in [7, 11) is 1.66. The van der Waals surface area contributed by atoms with Crippen molar-refractivity contribution in [2.45, 2.75) is 65.6 Å². The van der Waals surface area contributed by atoms with Gasteiger partial charge in [0.2, 0.25) is 0 Å². The Labute approximate surface area is 186 Å². The fourth-order valence-electron chi connectivity index (χ4n) is 3.54. The quantitative estimate of drug-likeness (QED) is 0.254. The van der Waals surface area contributed by atoms with E-state index in [4.69, 9.17) is 9.73 Å². The number of nitrogens with one attached hydrogen (secondary N) is 2. The van der Waals surface area contributed by atoms with Gasteiger partial charge in [-0.2, -0.15) is 5.10 Å². The van der Waals surface area contributed by atoms with Gasteiger partial charge in [-0.25, -0.2) is 9.67 Å². The third-order valence-electron chi connectivity index (χ3n) is 4.71. The van der Waals surface area contributed by atoms with Crippen LogP contribution in [0.4, 0.5) is 0 Å². The van der Waals surface area contributed by atoms with Crippen LogP contribution in [0.15, 0.2) is 4.99 Å². The minimum absolute atomic E-state index is 0. The maximum absolute atomic E-state index is 9.31. The van der Waals surface area contributed by atoms with E-state index in [1.54, 1.807) is 7.11 Å². The predicted octanol–water partition coefficient (Wildman–Crippen LogP) is 1.96. The zero-order valence-corrected chi connectivity index (χ0v) is 20.0. The van der Waals surface area contributed by atoms with Crippen molar-refractivity contribution in [1.29, 1.82) is 0 Å². The molecule has 1 aliphatic rings. The van der Waals surface area contributed by atoms with Crippen molar-refractivity contribution in [2.75, 3.05) is 26.8 Å². The molecule has 2 atom stereocenters. The van der Waals surface area contributed by atoms with Crippen LogP contribution in [0.2, 0.25) is 0 Å². The van der Waals surface area contributed by atoms with Gasteiger partial charge in [-0.15, -0.1) is 24.0 Å². The van der Waals surface area contributed by atoms with Gasteiger partial charge >= 0.3 is 0 Å². The van der Waals surface area contributed by atoms with Gasteiger partial charge in [0.05, 0.1) is 6.54 Å². The minimum atomic E-state index is 0. The molecule has 0 saturated carbocycles. The molecule has 0 amide bonds. The number of ether oxygens (including phenoxy) is 1. The molecule has 0 saturated heterocycles. The first-order valence-electron chi connectivity index (χ1n) is 10.1. The SMILES string of the molecule is CCNC(=NCC(CCO)CC(C)C)NC1CCc2nc(COC)nn2C1.I.